The minimum atomic E-state index is -0.430. The van der Waals surface area contributed by atoms with Crippen LogP contribution in [0.1, 0.15) is 15.9 Å². The molecule has 33 heavy (non-hydrogen) atoms. The standard InChI is InChI=1S/C25H20FN5O2/c1-33-25(32)18-10-11-22-29-23(19-14-28-31(16-19)21-9-5-8-20(26)12-21)24(30(22)15-18)27-13-17-6-3-2-4-7-17/h2-12,14-16,27H,13H2,1H3. The number of carbonyl (C=O) groups is 1. The molecule has 7 nitrogen and oxygen atoms in total. The fourth-order valence-electron chi connectivity index (χ4n) is 3.64. The molecule has 5 aromatic rings. The third kappa shape index (κ3) is 4.06. The second kappa shape index (κ2) is 8.58. The maximum atomic E-state index is 13.7. The van der Waals surface area contributed by atoms with Crippen LogP contribution in [0.5, 0.6) is 0 Å². The highest BCUT2D eigenvalue weighted by atomic mass is 19.1. The molecule has 2 aromatic carbocycles. The van der Waals surface area contributed by atoms with Gasteiger partial charge in [0.2, 0.25) is 0 Å². The maximum absolute atomic E-state index is 13.7. The van der Waals surface area contributed by atoms with Crippen LogP contribution < -0.4 is 5.32 Å². The number of imidazole rings is 1. The number of rotatable bonds is 6. The summed E-state index contributed by atoms with van der Waals surface area (Å²) in [7, 11) is 1.35. The summed E-state index contributed by atoms with van der Waals surface area (Å²) in [6, 6.07) is 19.6. The largest absolute Gasteiger partial charge is 0.465 e. The number of ether oxygens (including phenoxy) is 1. The van der Waals surface area contributed by atoms with E-state index < -0.39 is 5.97 Å². The Morgan fingerprint density at radius 3 is 2.70 bits per heavy atom. The van der Waals surface area contributed by atoms with Crippen LogP contribution in [0.15, 0.2) is 85.3 Å². The van der Waals surface area contributed by atoms with Crippen LogP contribution in [0.4, 0.5) is 10.2 Å². The molecular weight excluding hydrogens is 421 g/mol. The summed E-state index contributed by atoms with van der Waals surface area (Å²) < 4.78 is 22.0. The van der Waals surface area contributed by atoms with Crippen molar-refractivity contribution in [2.45, 2.75) is 6.54 Å². The van der Waals surface area contributed by atoms with Crippen molar-refractivity contribution in [2.75, 3.05) is 12.4 Å². The van der Waals surface area contributed by atoms with Gasteiger partial charge in [-0.2, -0.15) is 5.10 Å². The number of nitrogens with zero attached hydrogens (tertiary/aromatic N) is 4. The number of aromatic nitrogens is 4. The summed E-state index contributed by atoms with van der Waals surface area (Å²) in [5.74, 6) is -0.0590. The van der Waals surface area contributed by atoms with Gasteiger partial charge in [0.25, 0.3) is 0 Å². The zero-order chi connectivity index (χ0) is 22.8. The van der Waals surface area contributed by atoms with E-state index in [1.165, 1.54) is 19.2 Å². The number of pyridine rings is 1. The van der Waals surface area contributed by atoms with Crippen LogP contribution in [-0.4, -0.2) is 32.2 Å². The Bertz CT molecular complexity index is 1440. The summed E-state index contributed by atoms with van der Waals surface area (Å²) >= 11 is 0. The van der Waals surface area contributed by atoms with Gasteiger partial charge in [-0.15, -0.1) is 0 Å². The smallest absolute Gasteiger partial charge is 0.339 e. The Labute approximate surface area is 189 Å². The van der Waals surface area contributed by atoms with E-state index in [-0.39, 0.29) is 5.82 Å². The SMILES string of the molecule is COC(=O)c1ccc2nc(-c3cnn(-c4cccc(F)c4)c3)c(NCc3ccccc3)n2c1. The average Bonchev–Trinajstić information content (AvgIpc) is 3.47. The first-order valence-corrected chi connectivity index (χ1v) is 10.3. The van der Waals surface area contributed by atoms with Crippen molar-refractivity contribution in [2.24, 2.45) is 0 Å². The summed E-state index contributed by atoms with van der Waals surface area (Å²) in [6.45, 7) is 0.558. The van der Waals surface area contributed by atoms with Crippen LogP contribution >= 0.6 is 0 Å². The molecule has 0 saturated heterocycles. The van der Waals surface area contributed by atoms with Crippen LogP contribution in [0.25, 0.3) is 22.6 Å². The van der Waals surface area contributed by atoms with Crippen LogP contribution in [-0.2, 0) is 11.3 Å². The van der Waals surface area contributed by atoms with Crippen molar-refractivity contribution in [1.29, 1.82) is 0 Å². The molecule has 0 saturated carbocycles. The fraction of sp³-hybridized carbons (Fsp3) is 0.0800. The molecular formula is C25H20FN5O2. The molecule has 0 aliphatic heterocycles. The van der Waals surface area contributed by atoms with Crippen molar-refractivity contribution < 1.29 is 13.9 Å². The van der Waals surface area contributed by atoms with Gasteiger partial charge in [-0.1, -0.05) is 36.4 Å². The number of anilines is 1. The Balaban J connectivity index is 1.59. The second-order valence-corrected chi connectivity index (χ2v) is 7.44. The van der Waals surface area contributed by atoms with Crippen molar-refractivity contribution in [3.05, 3.63) is 102 Å². The Kier molecular flexibility index (Phi) is 5.32. The number of benzene rings is 2. The molecule has 0 spiro atoms. The number of nitrogens with one attached hydrogen (secondary N) is 1. The quantitative estimate of drug-likeness (QED) is 0.386. The highest BCUT2D eigenvalue weighted by molar-refractivity contribution is 5.90. The Morgan fingerprint density at radius 2 is 1.91 bits per heavy atom. The third-order valence-corrected chi connectivity index (χ3v) is 5.27. The first kappa shape index (κ1) is 20.4. The van der Waals surface area contributed by atoms with E-state index in [1.807, 2.05) is 34.7 Å². The minimum absolute atomic E-state index is 0.335. The Morgan fingerprint density at radius 1 is 1.06 bits per heavy atom. The lowest BCUT2D eigenvalue weighted by atomic mass is 10.2. The van der Waals surface area contributed by atoms with Gasteiger partial charge in [0, 0.05) is 24.5 Å². The van der Waals surface area contributed by atoms with E-state index in [0.717, 1.165) is 11.1 Å². The molecule has 3 aromatic heterocycles. The van der Waals surface area contributed by atoms with Crippen LogP contribution in [0.2, 0.25) is 0 Å². The molecule has 3 heterocycles. The van der Waals surface area contributed by atoms with Gasteiger partial charge in [0.15, 0.2) is 0 Å². The summed E-state index contributed by atoms with van der Waals surface area (Å²) in [5.41, 5.74) is 4.18. The van der Waals surface area contributed by atoms with Crippen molar-refractivity contribution in [1.82, 2.24) is 19.2 Å². The van der Waals surface area contributed by atoms with Gasteiger partial charge in [-0.05, 0) is 35.9 Å². The molecule has 0 amide bonds. The first-order valence-electron chi connectivity index (χ1n) is 10.3. The maximum Gasteiger partial charge on any atom is 0.339 e. The second-order valence-electron chi connectivity index (χ2n) is 7.44. The van der Waals surface area contributed by atoms with Gasteiger partial charge in [-0.3, -0.25) is 4.40 Å². The molecule has 0 aliphatic rings. The number of hydrogen-bond donors (Lipinski definition) is 1. The predicted octanol–water partition coefficient (Wildman–Crippen LogP) is 4.72. The lowest BCUT2D eigenvalue weighted by Gasteiger charge is -2.09. The van der Waals surface area contributed by atoms with E-state index in [1.54, 1.807) is 47.5 Å². The molecule has 164 valence electrons. The van der Waals surface area contributed by atoms with Crippen LogP contribution in [0, 0.1) is 5.82 Å². The van der Waals surface area contributed by atoms with E-state index in [4.69, 9.17) is 9.72 Å². The third-order valence-electron chi connectivity index (χ3n) is 5.27. The zero-order valence-corrected chi connectivity index (χ0v) is 17.8. The molecule has 0 fully saturated rings. The van der Waals surface area contributed by atoms with E-state index in [2.05, 4.69) is 10.4 Å². The lowest BCUT2D eigenvalue weighted by molar-refractivity contribution is 0.0600. The molecule has 1 N–H and O–H groups in total. The van der Waals surface area contributed by atoms with Crippen molar-refractivity contribution >= 4 is 17.4 Å². The Hall–Kier alpha value is -4.46. The number of carbonyl (C=O) groups excluding carboxylic acids is 1. The first-order chi connectivity index (χ1) is 16.1. The molecule has 5 rings (SSSR count). The molecule has 0 bridgehead atoms. The van der Waals surface area contributed by atoms with E-state index in [0.29, 0.717) is 35.0 Å². The van der Waals surface area contributed by atoms with Crippen LogP contribution in [0.3, 0.4) is 0 Å². The van der Waals surface area contributed by atoms with Gasteiger partial charge in [0.1, 0.15) is 23.0 Å². The van der Waals surface area contributed by atoms with Crippen molar-refractivity contribution in [3.8, 4) is 16.9 Å². The number of methoxy groups -OCH3 is 1. The van der Waals surface area contributed by atoms with Gasteiger partial charge in [0.05, 0.1) is 24.6 Å². The highest BCUT2D eigenvalue weighted by Gasteiger charge is 2.18. The van der Waals surface area contributed by atoms with Gasteiger partial charge in [-0.25, -0.2) is 18.9 Å². The molecule has 0 atom stereocenters. The van der Waals surface area contributed by atoms with Gasteiger partial charge >= 0.3 is 5.97 Å². The number of esters is 1. The minimum Gasteiger partial charge on any atom is -0.465 e. The topological polar surface area (TPSA) is 73.4 Å². The highest BCUT2D eigenvalue weighted by Crippen LogP contribution is 2.30. The van der Waals surface area contributed by atoms with Crippen molar-refractivity contribution in [3.63, 3.8) is 0 Å². The van der Waals surface area contributed by atoms with Gasteiger partial charge < -0.3 is 10.1 Å². The molecule has 0 aliphatic carbocycles. The predicted molar refractivity (Wildman–Crippen MR) is 123 cm³/mol. The fourth-order valence-corrected chi connectivity index (χ4v) is 3.64. The van der Waals surface area contributed by atoms with E-state index >= 15 is 0 Å². The molecule has 0 radical (unpaired) electrons. The molecule has 0 unspecified atom stereocenters. The normalized spacial score (nSPS) is 11.0. The molecule has 8 heteroatoms. The lowest BCUT2D eigenvalue weighted by Crippen LogP contribution is -2.06. The number of hydrogen-bond acceptors (Lipinski definition) is 5. The average molecular weight is 441 g/mol. The summed E-state index contributed by atoms with van der Waals surface area (Å²) in [6.07, 6.45) is 5.18. The monoisotopic (exact) mass is 441 g/mol. The summed E-state index contributed by atoms with van der Waals surface area (Å²) in [4.78, 5) is 16.9. The zero-order valence-electron chi connectivity index (χ0n) is 17.8. The summed E-state index contributed by atoms with van der Waals surface area (Å²) in [5, 5.41) is 7.84. The number of fused-ring (bicyclic) bond motifs is 1. The van der Waals surface area contributed by atoms with E-state index in [9.17, 15) is 9.18 Å². The number of halogens is 1.